The van der Waals surface area contributed by atoms with E-state index in [1.807, 2.05) is 6.07 Å². The summed E-state index contributed by atoms with van der Waals surface area (Å²) in [6, 6.07) is 10.5. The Morgan fingerprint density at radius 2 is 1.70 bits per heavy atom. The monoisotopic (exact) mass is 409 g/mol. The van der Waals surface area contributed by atoms with Crippen LogP contribution in [0.4, 0.5) is 0 Å². The number of rotatable bonds is 4. The first-order valence-electron chi connectivity index (χ1n) is 12.5. The van der Waals surface area contributed by atoms with Crippen molar-refractivity contribution in [1.82, 2.24) is 5.32 Å². The third kappa shape index (κ3) is 3.61. The maximum atomic E-state index is 12.0. The second kappa shape index (κ2) is 7.97. The number of benzene rings is 1. The summed E-state index contributed by atoms with van der Waals surface area (Å²) in [5, 5.41) is 3.35. The molecular formula is C27H39NO2. The van der Waals surface area contributed by atoms with Gasteiger partial charge in [-0.3, -0.25) is 4.79 Å². The summed E-state index contributed by atoms with van der Waals surface area (Å²) < 4.78 is 5.93. The average Bonchev–Trinajstić information content (AvgIpc) is 3.65. The summed E-state index contributed by atoms with van der Waals surface area (Å²) in [6.45, 7) is 6.39. The molecule has 5 aliphatic rings. The van der Waals surface area contributed by atoms with Crippen LogP contribution in [-0.2, 0) is 16.1 Å². The summed E-state index contributed by atoms with van der Waals surface area (Å²) in [5.74, 6) is 2.43. The Balaban J connectivity index is 0.000000151. The molecule has 0 bridgehead atoms. The summed E-state index contributed by atoms with van der Waals surface area (Å²) in [7, 11) is 0. The molecule has 2 unspecified atom stereocenters. The summed E-state index contributed by atoms with van der Waals surface area (Å²) in [6.07, 6.45) is 12.7. The van der Waals surface area contributed by atoms with Crippen molar-refractivity contribution in [3.05, 3.63) is 35.9 Å². The van der Waals surface area contributed by atoms with E-state index in [0.29, 0.717) is 16.7 Å². The highest BCUT2D eigenvalue weighted by molar-refractivity contribution is 5.75. The van der Waals surface area contributed by atoms with Crippen LogP contribution in [0.25, 0.3) is 0 Å². The molecule has 3 heteroatoms. The Bertz CT molecular complexity index is 751. The highest BCUT2D eigenvalue weighted by Gasteiger charge is 2.69. The van der Waals surface area contributed by atoms with Crippen LogP contribution in [0, 0.1) is 34.5 Å². The van der Waals surface area contributed by atoms with Crippen molar-refractivity contribution in [1.29, 1.82) is 0 Å². The van der Waals surface area contributed by atoms with Crippen molar-refractivity contribution in [2.45, 2.75) is 84.3 Å². The SMILES string of the molecule is CCCNCc1ccccc1.C[C@@H]1C(=O)O[C@@H]2C3C(CCC34CC4)C3(CC[C@@H]12)CC3. The molecule has 5 atom stereocenters. The van der Waals surface area contributed by atoms with Crippen LogP contribution in [0.2, 0.25) is 0 Å². The smallest absolute Gasteiger partial charge is 0.309 e. The maximum absolute atomic E-state index is 12.0. The van der Waals surface area contributed by atoms with Crippen molar-refractivity contribution in [3.8, 4) is 0 Å². The molecule has 1 N–H and O–H groups in total. The zero-order valence-corrected chi connectivity index (χ0v) is 18.9. The zero-order chi connectivity index (χ0) is 20.8. The van der Waals surface area contributed by atoms with Crippen LogP contribution in [0.1, 0.15) is 77.2 Å². The molecule has 1 saturated heterocycles. The molecule has 0 radical (unpaired) electrons. The largest absolute Gasteiger partial charge is 0.462 e. The van der Waals surface area contributed by atoms with E-state index in [9.17, 15) is 4.79 Å². The molecule has 1 aromatic carbocycles. The van der Waals surface area contributed by atoms with Crippen molar-refractivity contribution in [2.75, 3.05) is 6.54 Å². The van der Waals surface area contributed by atoms with Crippen LogP contribution in [-0.4, -0.2) is 18.6 Å². The van der Waals surface area contributed by atoms with E-state index in [1.165, 1.54) is 63.4 Å². The highest BCUT2D eigenvalue weighted by Crippen LogP contribution is 2.74. The van der Waals surface area contributed by atoms with E-state index < -0.39 is 0 Å². The van der Waals surface area contributed by atoms with Crippen molar-refractivity contribution in [2.24, 2.45) is 34.5 Å². The lowest BCUT2D eigenvalue weighted by molar-refractivity contribution is -0.147. The van der Waals surface area contributed by atoms with Crippen LogP contribution in [0.5, 0.6) is 0 Å². The lowest BCUT2D eigenvalue weighted by Crippen LogP contribution is -2.35. The fraction of sp³-hybridized carbons (Fsp3) is 0.741. The minimum atomic E-state index is 0.100. The average molecular weight is 410 g/mol. The van der Waals surface area contributed by atoms with Gasteiger partial charge < -0.3 is 10.1 Å². The topological polar surface area (TPSA) is 38.3 Å². The normalized spacial score (nSPS) is 36.3. The van der Waals surface area contributed by atoms with Gasteiger partial charge in [0.15, 0.2) is 0 Å². The van der Waals surface area contributed by atoms with Crippen molar-refractivity contribution in [3.63, 3.8) is 0 Å². The molecule has 4 saturated carbocycles. The molecule has 30 heavy (non-hydrogen) atoms. The van der Waals surface area contributed by atoms with Gasteiger partial charge in [-0.25, -0.2) is 0 Å². The first-order valence-corrected chi connectivity index (χ1v) is 12.5. The Kier molecular flexibility index (Phi) is 5.46. The maximum Gasteiger partial charge on any atom is 0.309 e. The fourth-order valence-corrected chi connectivity index (χ4v) is 7.19. The van der Waals surface area contributed by atoms with Gasteiger partial charge in [0.1, 0.15) is 6.10 Å². The second-order valence-electron chi connectivity index (χ2n) is 11.0. The number of carbonyl (C=O) groups is 1. The quantitative estimate of drug-likeness (QED) is 0.510. The number of ether oxygens (including phenoxy) is 1. The molecule has 4 aliphatic carbocycles. The van der Waals surface area contributed by atoms with Crippen LogP contribution in [0.15, 0.2) is 30.3 Å². The summed E-state index contributed by atoms with van der Waals surface area (Å²) in [4.78, 5) is 12.0. The Hall–Kier alpha value is -1.35. The van der Waals surface area contributed by atoms with E-state index in [0.717, 1.165) is 24.9 Å². The molecule has 2 spiro atoms. The molecule has 164 valence electrons. The Morgan fingerprint density at radius 1 is 1.00 bits per heavy atom. The molecule has 1 aliphatic heterocycles. The third-order valence-electron chi connectivity index (χ3n) is 9.28. The van der Waals surface area contributed by atoms with Gasteiger partial charge in [0, 0.05) is 18.4 Å². The van der Waals surface area contributed by atoms with Gasteiger partial charge >= 0.3 is 5.97 Å². The lowest BCUT2D eigenvalue weighted by Gasteiger charge is -2.33. The van der Waals surface area contributed by atoms with E-state index in [-0.39, 0.29) is 18.0 Å². The van der Waals surface area contributed by atoms with Crippen LogP contribution < -0.4 is 5.32 Å². The summed E-state index contributed by atoms with van der Waals surface area (Å²) >= 11 is 0. The first-order chi connectivity index (χ1) is 14.6. The third-order valence-corrected chi connectivity index (χ3v) is 9.28. The standard InChI is InChI=1S/C17H24O2.C10H15N/c1-10-11-2-4-16(6-7-16)12-3-5-17(8-9-17)13(12)14(11)19-15(10)18;1-2-8-11-9-10-6-4-3-5-7-10/h10-14H,2-9H2,1H3;3-7,11H,2,8-9H2,1H3/t10-,11-,12?,13?,14-;/m0./s1. The highest BCUT2D eigenvalue weighted by atomic mass is 16.6. The minimum absolute atomic E-state index is 0.100. The molecule has 1 aromatic rings. The summed E-state index contributed by atoms with van der Waals surface area (Å²) in [5.41, 5.74) is 2.66. The number of fused-ring (bicyclic) bond motifs is 5. The van der Waals surface area contributed by atoms with E-state index in [2.05, 4.69) is 43.4 Å². The zero-order valence-electron chi connectivity index (χ0n) is 18.9. The van der Waals surface area contributed by atoms with Gasteiger partial charge in [0.25, 0.3) is 0 Å². The Morgan fingerprint density at radius 3 is 2.37 bits per heavy atom. The number of nitrogens with one attached hydrogen (secondary N) is 1. The Labute approximate surface area is 182 Å². The predicted octanol–water partition coefficient (Wildman–Crippen LogP) is 5.73. The van der Waals surface area contributed by atoms with E-state index in [4.69, 9.17) is 4.74 Å². The van der Waals surface area contributed by atoms with Crippen LogP contribution in [0.3, 0.4) is 0 Å². The van der Waals surface area contributed by atoms with Gasteiger partial charge in [-0.15, -0.1) is 0 Å². The van der Waals surface area contributed by atoms with Crippen molar-refractivity contribution < 1.29 is 9.53 Å². The number of esters is 1. The molecule has 5 fully saturated rings. The van der Waals surface area contributed by atoms with Crippen molar-refractivity contribution >= 4 is 5.97 Å². The predicted molar refractivity (Wildman–Crippen MR) is 120 cm³/mol. The van der Waals surface area contributed by atoms with Crippen LogP contribution >= 0.6 is 0 Å². The van der Waals surface area contributed by atoms with E-state index >= 15 is 0 Å². The van der Waals surface area contributed by atoms with Gasteiger partial charge in [-0.1, -0.05) is 44.2 Å². The fourth-order valence-electron chi connectivity index (χ4n) is 7.19. The number of carbonyl (C=O) groups excluding carboxylic acids is 1. The van der Waals surface area contributed by atoms with Gasteiger partial charge in [-0.2, -0.15) is 0 Å². The number of hydrogen-bond acceptors (Lipinski definition) is 3. The molecular weight excluding hydrogens is 370 g/mol. The van der Waals surface area contributed by atoms with Gasteiger partial charge in [0.2, 0.25) is 0 Å². The number of hydrogen-bond donors (Lipinski definition) is 1. The lowest BCUT2D eigenvalue weighted by atomic mass is 9.74. The molecule has 0 amide bonds. The molecule has 3 nitrogen and oxygen atoms in total. The van der Waals surface area contributed by atoms with E-state index in [1.54, 1.807) is 0 Å². The minimum Gasteiger partial charge on any atom is -0.462 e. The first kappa shape index (κ1) is 20.5. The second-order valence-corrected chi connectivity index (χ2v) is 11.0. The molecule has 1 heterocycles. The molecule has 0 aromatic heterocycles. The molecule has 6 rings (SSSR count). The van der Waals surface area contributed by atoms with Gasteiger partial charge in [-0.05, 0) is 86.6 Å². The van der Waals surface area contributed by atoms with Gasteiger partial charge in [0.05, 0.1) is 5.92 Å².